The van der Waals surface area contributed by atoms with Crippen LogP contribution in [-0.4, -0.2) is 24.2 Å². The first-order chi connectivity index (χ1) is 12.3. The van der Waals surface area contributed by atoms with Crippen molar-refractivity contribution in [1.29, 1.82) is 0 Å². The molecule has 5 heteroatoms. The third kappa shape index (κ3) is 12.7. The summed E-state index contributed by atoms with van der Waals surface area (Å²) in [4.78, 5) is 0. The van der Waals surface area contributed by atoms with E-state index in [-0.39, 0.29) is 54.2 Å². The van der Waals surface area contributed by atoms with Crippen molar-refractivity contribution in [2.75, 3.05) is 0 Å². The minimum atomic E-state index is -0.981. The average molecular weight is 587 g/mol. The van der Waals surface area contributed by atoms with E-state index in [0.717, 1.165) is 0 Å². The molecule has 0 atom stereocenters. The summed E-state index contributed by atoms with van der Waals surface area (Å²) in [5.41, 5.74) is 0. The molecule has 0 spiro atoms. The van der Waals surface area contributed by atoms with Gasteiger partial charge in [0.1, 0.15) is 0 Å². The molecule has 0 aliphatic rings. The Morgan fingerprint density at radius 3 is 0.586 bits per heavy atom. The van der Waals surface area contributed by atoms with Crippen LogP contribution in [0.5, 0.6) is 0 Å². The van der Waals surface area contributed by atoms with Crippen LogP contribution in [0.15, 0.2) is 72.8 Å². The Morgan fingerprint density at radius 1 is 0.379 bits per heavy atom. The molecule has 0 radical (unpaired) electrons. The quantitative estimate of drug-likeness (QED) is 0.327. The third-order valence-electron chi connectivity index (χ3n) is 4.59. The van der Waals surface area contributed by atoms with Crippen LogP contribution >= 0.6 is 0 Å². The molecule has 0 nitrogen and oxygen atoms in total. The van der Waals surface area contributed by atoms with Gasteiger partial charge < -0.3 is 12.4 Å². The minimum absolute atomic E-state index is 0. The van der Waals surface area contributed by atoms with Crippen molar-refractivity contribution in [2.45, 2.75) is 58.9 Å². The van der Waals surface area contributed by atoms with E-state index in [0.29, 0.717) is 0 Å². The van der Waals surface area contributed by atoms with Gasteiger partial charge in [0.15, 0.2) is 0 Å². The van der Waals surface area contributed by atoms with E-state index in [9.17, 15) is 0 Å². The van der Waals surface area contributed by atoms with Gasteiger partial charge in [-0.2, -0.15) is 52.0 Å². The second kappa shape index (κ2) is 13.7. The van der Waals surface area contributed by atoms with E-state index in [1.807, 2.05) is 0 Å². The standard InChI is InChI=1S/3C8H13Si.Ce.ClH/c3*1-9(2,3)8-6-4-5-7-8;;/h3*4-7H,1-3H3;;1H/q3*-1;+4;/p-1. The molecule has 0 bridgehead atoms. The summed E-state index contributed by atoms with van der Waals surface area (Å²) in [5.74, 6) is 0. The van der Waals surface area contributed by atoms with Crippen LogP contribution in [-0.2, 0) is 0 Å². The molecular weight excluding hydrogens is 548 g/mol. The Hall–Kier alpha value is 0.367. The molecule has 0 aliphatic heterocycles. The molecule has 0 fully saturated rings. The third-order valence-corrected chi connectivity index (χ3v) is 10.8. The summed E-state index contributed by atoms with van der Waals surface area (Å²) in [5, 5.41) is 4.67. The van der Waals surface area contributed by atoms with Gasteiger partial charge in [-0.1, -0.05) is 58.9 Å². The van der Waals surface area contributed by atoms with Gasteiger partial charge in [0.05, 0.1) is 0 Å². The number of hydrogen-bond acceptors (Lipinski definition) is 0. The summed E-state index contributed by atoms with van der Waals surface area (Å²) >= 11 is 0. The monoisotopic (exact) mass is 586 g/mol. The topological polar surface area (TPSA) is 0 Å². The van der Waals surface area contributed by atoms with Crippen LogP contribution < -0.4 is 28.0 Å². The van der Waals surface area contributed by atoms with Gasteiger partial charge in [-0.3, -0.25) is 0 Å². The smallest absolute Gasteiger partial charge is 1.00 e. The fraction of sp³-hybridized carbons (Fsp3) is 0.375. The number of hydrogen-bond donors (Lipinski definition) is 0. The maximum Gasteiger partial charge on any atom is 4.00 e. The Balaban J connectivity index is 0. The molecule has 0 saturated heterocycles. The number of rotatable bonds is 3. The molecule has 3 rings (SSSR count). The summed E-state index contributed by atoms with van der Waals surface area (Å²) in [6.45, 7) is 21.3. The SMILES string of the molecule is C[Si](C)(C)[c-]1cccc1.C[Si](C)(C)[c-]1cccc1.C[Si](C)(C)[c-]1cccc1.[Ce+4].[Cl-]. The van der Waals surface area contributed by atoms with Gasteiger partial charge in [0.2, 0.25) is 0 Å². The largest absolute Gasteiger partial charge is 4.00 e. The normalized spacial score (nSPS) is 11.1. The van der Waals surface area contributed by atoms with Gasteiger partial charge in [-0.25, -0.2) is 36.4 Å². The molecule has 29 heavy (non-hydrogen) atoms. The van der Waals surface area contributed by atoms with Crippen LogP contribution in [0.2, 0.25) is 58.9 Å². The summed E-state index contributed by atoms with van der Waals surface area (Å²) in [6, 6.07) is 26.1. The summed E-state index contributed by atoms with van der Waals surface area (Å²) < 4.78 is 0. The molecule has 0 N–H and O–H groups in total. The van der Waals surface area contributed by atoms with E-state index >= 15 is 0 Å². The molecule has 158 valence electrons. The van der Waals surface area contributed by atoms with Crippen LogP contribution in [0.25, 0.3) is 0 Å². The zero-order valence-corrected chi connectivity index (χ0v) is 26.7. The van der Waals surface area contributed by atoms with E-state index < -0.39 is 24.2 Å². The molecule has 0 aliphatic carbocycles. The molecule has 0 heterocycles. The molecule has 0 unspecified atom stereocenters. The first-order valence-electron chi connectivity index (χ1n) is 9.98. The fourth-order valence-electron chi connectivity index (χ4n) is 2.62. The van der Waals surface area contributed by atoms with Crippen LogP contribution in [0.4, 0.5) is 0 Å². The number of halogens is 1. The Labute approximate surface area is 223 Å². The zero-order valence-electron chi connectivity index (χ0n) is 19.8. The van der Waals surface area contributed by atoms with Crippen molar-refractivity contribution in [3.8, 4) is 0 Å². The zero-order chi connectivity index (χ0) is 20.7. The fourth-order valence-corrected chi connectivity index (χ4v) is 6.20. The van der Waals surface area contributed by atoms with Gasteiger partial charge in [0, 0.05) is 24.2 Å². The Kier molecular flexibility index (Phi) is 14.9. The van der Waals surface area contributed by atoms with Crippen molar-refractivity contribution in [2.24, 2.45) is 0 Å². The van der Waals surface area contributed by atoms with Crippen molar-refractivity contribution in [1.82, 2.24) is 0 Å². The van der Waals surface area contributed by atoms with E-state index in [1.54, 1.807) is 15.6 Å². The average Bonchev–Trinajstić information content (AvgIpc) is 3.28. The second-order valence-corrected chi connectivity index (χ2v) is 25.5. The van der Waals surface area contributed by atoms with E-state index in [4.69, 9.17) is 0 Å². The minimum Gasteiger partial charge on any atom is -1.00 e. The van der Waals surface area contributed by atoms with Gasteiger partial charge in [-0.05, 0) is 0 Å². The molecule has 0 aromatic heterocycles. The van der Waals surface area contributed by atoms with Crippen molar-refractivity contribution < 1.29 is 54.2 Å². The maximum atomic E-state index is 2.36. The summed E-state index contributed by atoms with van der Waals surface area (Å²) in [6.07, 6.45) is 0. The van der Waals surface area contributed by atoms with Gasteiger partial charge in [-0.15, -0.1) is 0 Å². The molecule has 3 aromatic carbocycles. The van der Waals surface area contributed by atoms with Crippen LogP contribution in [0.1, 0.15) is 0 Å². The van der Waals surface area contributed by atoms with Crippen molar-refractivity contribution in [3.63, 3.8) is 0 Å². The molecular formula is C24H39CeClSi3. The van der Waals surface area contributed by atoms with Crippen molar-refractivity contribution >= 4 is 39.8 Å². The van der Waals surface area contributed by atoms with Crippen LogP contribution in [0, 0.1) is 41.7 Å². The second-order valence-electron chi connectivity index (χ2n) is 10.3. The van der Waals surface area contributed by atoms with Crippen molar-refractivity contribution in [3.05, 3.63) is 72.8 Å². The van der Waals surface area contributed by atoms with Gasteiger partial charge in [0.25, 0.3) is 0 Å². The summed E-state index contributed by atoms with van der Waals surface area (Å²) in [7, 11) is -2.94. The van der Waals surface area contributed by atoms with Crippen LogP contribution in [0.3, 0.4) is 0 Å². The van der Waals surface area contributed by atoms with Gasteiger partial charge >= 0.3 is 41.7 Å². The molecule has 0 amide bonds. The predicted octanol–water partition coefficient (Wildman–Crippen LogP) is 2.86. The van der Waals surface area contributed by atoms with E-state index in [1.165, 1.54) is 0 Å². The Bertz CT molecular complexity index is 619. The maximum absolute atomic E-state index is 2.36. The molecule has 3 aromatic rings. The first-order valence-corrected chi connectivity index (χ1v) is 20.5. The Morgan fingerprint density at radius 2 is 0.517 bits per heavy atom. The predicted molar refractivity (Wildman–Crippen MR) is 135 cm³/mol. The first kappa shape index (κ1) is 31.6. The van der Waals surface area contributed by atoms with E-state index in [2.05, 4.69) is 132 Å². The molecule has 0 saturated carbocycles.